The van der Waals surface area contributed by atoms with E-state index in [0.29, 0.717) is 29.9 Å². The minimum atomic E-state index is -3.32. The van der Waals surface area contributed by atoms with Gasteiger partial charge in [-0.05, 0) is 31.2 Å². The molecule has 1 aliphatic heterocycles. The SMILES string of the molecule is CCC1CCN(S(=O)(=O)c2cc(CNC3CC3)n(C)c2)C1. The molecule has 1 saturated carbocycles. The van der Waals surface area contributed by atoms with E-state index in [4.69, 9.17) is 0 Å². The summed E-state index contributed by atoms with van der Waals surface area (Å²) in [5.41, 5.74) is 1.03. The molecule has 3 rings (SSSR count). The van der Waals surface area contributed by atoms with E-state index in [1.54, 1.807) is 10.5 Å². The predicted octanol–water partition coefficient (Wildman–Crippen LogP) is 1.70. The summed E-state index contributed by atoms with van der Waals surface area (Å²) in [4.78, 5) is 0.439. The van der Waals surface area contributed by atoms with Crippen LogP contribution in [0.5, 0.6) is 0 Å². The molecule has 1 aromatic rings. The first-order valence-electron chi connectivity index (χ1n) is 7.89. The Hall–Kier alpha value is -0.850. The Balaban J connectivity index is 1.74. The molecule has 1 aliphatic carbocycles. The zero-order chi connectivity index (χ0) is 15.0. The van der Waals surface area contributed by atoms with Crippen molar-refractivity contribution in [2.75, 3.05) is 13.1 Å². The number of hydrogen-bond acceptors (Lipinski definition) is 3. The van der Waals surface area contributed by atoms with Crippen LogP contribution in [0.3, 0.4) is 0 Å². The van der Waals surface area contributed by atoms with E-state index in [1.165, 1.54) is 12.8 Å². The maximum Gasteiger partial charge on any atom is 0.244 e. The molecule has 2 heterocycles. The van der Waals surface area contributed by atoms with Gasteiger partial charge in [0, 0.05) is 44.6 Å². The summed E-state index contributed by atoms with van der Waals surface area (Å²) in [5.74, 6) is 0.513. The summed E-state index contributed by atoms with van der Waals surface area (Å²) in [7, 11) is -1.40. The van der Waals surface area contributed by atoms with E-state index < -0.39 is 10.0 Å². The first-order valence-corrected chi connectivity index (χ1v) is 9.33. The highest BCUT2D eigenvalue weighted by atomic mass is 32.2. The molecule has 0 aromatic carbocycles. The van der Waals surface area contributed by atoms with Crippen LogP contribution in [0.1, 0.15) is 38.3 Å². The van der Waals surface area contributed by atoms with Gasteiger partial charge in [0.25, 0.3) is 0 Å². The molecule has 1 aromatic heterocycles. The number of aryl methyl sites for hydroxylation is 1. The Kier molecular flexibility index (Phi) is 4.12. The number of nitrogens with zero attached hydrogens (tertiary/aromatic N) is 2. The van der Waals surface area contributed by atoms with Gasteiger partial charge in [0.1, 0.15) is 4.90 Å². The molecule has 2 aliphatic rings. The fourth-order valence-corrected chi connectivity index (χ4v) is 4.56. The molecule has 0 amide bonds. The minimum absolute atomic E-state index is 0.439. The van der Waals surface area contributed by atoms with Crippen LogP contribution in [0.2, 0.25) is 0 Å². The molecule has 2 fully saturated rings. The average Bonchev–Trinajstić information content (AvgIpc) is 3.01. The fourth-order valence-electron chi connectivity index (χ4n) is 2.93. The van der Waals surface area contributed by atoms with Gasteiger partial charge in [-0.2, -0.15) is 4.31 Å². The lowest BCUT2D eigenvalue weighted by molar-refractivity contribution is 0.453. The maximum atomic E-state index is 12.7. The summed E-state index contributed by atoms with van der Waals surface area (Å²) in [6.07, 6.45) is 6.26. The zero-order valence-corrected chi connectivity index (χ0v) is 13.7. The second-order valence-electron chi connectivity index (χ2n) is 6.36. The van der Waals surface area contributed by atoms with Crippen LogP contribution < -0.4 is 5.32 Å². The highest BCUT2D eigenvalue weighted by molar-refractivity contribution is 7.89. The van der Waals surface area contributed by atoms with Gasteiger partial charge in [-0.1, -0.05) is 13.3 Å². The molecule has 1 atom stereocenters. The summed E-state index contributed by atoms with van der Waals surface area (Å²) >= 11 is 0. The molecule has 5 nitrogen and oxygen atoms in total. The number of sulfonamides is 1. The van der Waals surface area contributed by atoms with Crippen LogP contribution in [-0.4, -0.2) is 36.4 Å². The van der Waals surface area contributed by atoms with E-state index in [-0.39, 0.29) is 0 Å². The van der Waals surface area contributed by atoms with Crippen molar-refractivity contribution in [3.63, 3.8) is 0 Å². The molecule has 1 unspecified atom stereocenters. The Morgan fingerprint density at radius 1 is 1.33 bits per heavy atom. The molecule has 118 valence electrons. The number of aromatic nitrogens is 1. The van der Waals surface area contributed by atoms with Crippen LogP contribution in [0.25, 0.3) is 0 Å². The average molecular weight is 311 g/mol. The highest BCUT2D eigenvalue weighted by Crippen LogP contribution is 2.27. The van der Waals surface area contributed by atoms with Crippen molar-refractivity contribution in [1.82, 2.24) is 14.2 Å². The number of hydrogen-bond donors (Lipinski definition) is 1. The summed E-state index contributed by atoms with van der Waals surface area (Å²) in [6.45, 7) is 4.20. The van der Waals surface area contributed by atoms with Crippen molar-refractivity contribution >= 4 is 10.0 Å². The normalized spacial score (nSPS) is 23.8. The fraction of sp³-hybridized carbons (Fsp3) is 0.733. The van der Waals surface area contributed by atoms with Crippen LogP contribution in [0.4, 0.5) is 0 Å². The standard InChI is InChI=1S/C15H25N3O2S/c1-3-12-6-7-18(10-12)21(19,20)15-8-14(17(2)11-15)9-16-13-4-5-13/h8,11-13,16H,3-7,9-10H2,1-2H3. The number of nitrogens with one attached hydrogen (secondary N) is 1. The molecular formula is C15H25N3O2S. The molecule has 1 saturated heterocycles. The first kappa shape index (κ1) is 15.1. The van der Waals surface area contributed by atoms with Gasteiger partial charge in [-0.3, -0.25) is 0 Å². The predicted molar refractivity (Wildman–Crippen MR) is 82.4 cm³/mol. The van der Waals surface area contributed by atoms with E-state index in [2.05, 4.69) is 12.2 Å². The van der Waals surface area contributed by atoms with Crippen LogP contribution in [0, 0.1) is 5.92 Å². The largest absolute Gasteiger partial charge is 0.352 e. The van der Waals surface area contributed by atoms with Gasteiger partial charge >= 0.3 is 0 Å². The molecule has 6 heteroatoms. The van der Waals surface area contributed by atoms with Crippen LogP contribution in [0.15, 0.2) is 17.2 Å². The third kappa shape index (κ3) is 3.17. The Bertz CT molecular complexity index is 604. The van der Waals surface area contributed by atoms with Gasteiger partial charge in [0.05, 0.1) is 0 Å². The molecular weight excluding hydrogens is 286 g/mol. The van der Waals surface area contributed by atoms with Crippen molar-refractivity contribution in [3.05, 3.63) is 18.0 Å². The second kappa shape index (κ2) is 5.74. The Morgan fingerprint density at radius 2 is 2.10 bits per heavy atom. The van der Waals surface area contributed by atoms with Crippen LogP contribution >= 0.6 is 0 Å². The monoisotopic (exact) mass is 311 g/mol. The lowest BCUT2D eigenvalue weighted by atomic mass is 10.1. The van der Waals surface area contributed by atoms with Gasteiger partial charge in [-0.25, -0.2) is 8.42 Å². The quantitative estimate of drug-likeness (QED) is 0.870. The zero-order valence-electron chi connectivity index (χ0n) is 12.9. The minimum Gasteiger partial charge on any atom is -0.352 e. The molecule has 0 spiro atoms. The molecule has 0 bridgehead atoms. The van der Waals surface area contributed by atoms with Crippen molar-refractivity contribution in [1.29, 1.82) is 0 Å². The van der Waals surface area contributed by atoms with Gasteiger partial charge in [0.2, 0.25) is 10.0 Å². The third-order valence-electron chi connectivity index (χ3n) is 4.70. The summed E-state index contributed by atoms with van der Waals surface area (Å²) in [6, 6.07) is 2.45. The summed E-state index contributed by atoms with van der Waals surface area (Å²) in [5, 5.41) is 3.43. The lowest BCUT2D eigenvalue weighted by Gasteiger charge is -2.15. The smallest absolute Gasteiger partial charge is 0.244 e. The van der Waals surface area contributed by atoms with E-state index in [9.17, 15) is 8.42 Å². The first-order chi connectivity index (χ1) is 10.0. The molecule has 21 heavy (non-hydrogen) atoms. The van der Waals surface area contributed by atoms with Gasteiger partial charge in [0.15, 0.2) is 0 Å². The van der Waals surface area contributed by atoms with E-state index in [1.807, 2.05) is 17.7 Å². The lowest BCUT2D eigenvalue weighted by Crippen LogP contribution is -2.28. The van der Waals surface area contributed by atoms with E-state index >= 15 is 0 Å². The number of rotatable bonds is 6. The van der Waals surface area contributed by atoms with Crippen LogP contribution in [-0.2, 0) is 23.6 Å². The molecule has 1 N–H and O–H groups in total. The third-order valence-corrected chi connectivity index (χ3v) is 6.53. The van der Waals surface area contributed by atoms with E-state index in [0.717, 1.165) is 25.1 Å². The van der Waals surface area contributed by atoms with Gasteiger partial charge in [-0.15, -0.1) is 0 Å². The second-order valence-corrected chi connectivity index (χ2v) is 8.30. The maximum absolute atomic E-state index is 12.7. The van der Waals surface area contributed by atoms with Crippen molar-refractivity contribution in [2.45, 2.75) is 50.1 Å². The Labute approximate surface area is 127 Å². The topological polar surface area (TPSA) is 54.3 Å². The summed E-state index contributed by atoms with van der Waals surface area (Å²) < 4.78 is 29.0. The van der Waals surface area contributed by atoms with Crippen molar-refractivity contribution in [3.8, 4) is 0 Å². The molecule has 0 radical (unpaired) electrons. The van der Waals surface area contributed by atoms with Crippen molar-refractivity contribution in [2.24, 2.45) is 13.0 Å². The van der Waals surface area contributed by atoms with Gasteiger partial charge < -0.3 is 9.88 Å². The highest BCUT2D eigenvalue weighted by Gasteiger charge is 2.32. The van der Waals surface area contributed by atoms with Crippen molar-refractivity contribution < 1.29 is 8.42 Å². The Morgan fingerprint density at radius 3 is 2.71 bits per heavy atom.